The Balaban J connectivity index is 1.92. The van der Waals surface area contributed by atoms with E-state index in [1.807, 2.05) is 0 Å². The van der Waals surface area contributed by atoms with Gasteiger partial charge in [0, 0.05) is 6.07 Å². The lowest BCUT2D eigenvalue weighted by Gasteiger charge is -1.99. The molecule has 0 radical (unpaired) electrons. The van der Waals surface area contributed by atoms with Gasteiger partial charge in [0.1, 0.15) is 17.9 Å². The normalized spacial score (nSPS) is 10.3. The number of hydrogen-bond acceptors (Lipinski definition) is 6. The van der Waals surface area contributed by atoms with Crippen molar-refractivity contribution in [3.63, 3.8) is 0 Å². The summed E-state index contributed by atoms with van der Waals surface area (Å²) in [5, 5.41) is 28.8. The van der Waals surface area contributed by atoms with Crippen LogP contribution in [0.5, 0.6) is 0 Å². The molecular formula is C10H10N6O5. The highest BCUT2D eigenvalue weighted by molar-refractivity contribution is 5.93. The molecule has 0 aliphatic rings. The molecule has 0 spiro atoms. The maximum atomic E-state index is 11.7. The van der Waals surface area contributed by atoms with Crippen molar-refractivity contribution >= 4 is 17.6 Å². The Kier molecular flexibility index (Phi) is 3.92. The topological polar surface area (TPSA) is 156 Å². The van der Waals surface area contributed by atoms with E-state index >= 15 is 0 Å². The summed E-state index contributed by atoms with van der Waals surface area (Å²) in [6, 6.07) is 1.11. The Morgan fingerprint density at radius 2 is 2.29 bits per heavy atom. The molecule has 11 nitrogen and oxygen atoms in total. The second-order valence-electron chi connectivity index (χ2n) is 4.01. The molecule has 2 aromatic heterocycles. The van der Waals surface area contributed by atoms with Crippen LogP contribution >= 0.6 is 0 Å². The highest BCUT2D eigenvalue weighted by Crippen LogP contribution is 2.11. The number of carbonyl (C=O) groups excluding carboxylic acids is 1. The quantitative estimate of drug-likeness (QED) is 0.480. The fourth-order valence-electron chi connectivity index (χ4n) is 1.52. The first kappa shape index (κ1) is 14.2. The van der Waals surface area contributed by atoms with Gasteiger partial charge in [0.25, 0.3) is 11.6 Å². The zero-order valence-corrected chi connectivity index (χ0v) is 10.5. The predicted octanol–water partition coefficient (Wildman–Crippen LogP) is -0.471. The first-order valence-electron chi connectivity index (χ1n) is 5.67. The number of nitrogens with one attached hydrogen (secondary N) is 2. The first-order valence-corrected chi connectivity index (χ1v) is 5.67. The van der Waals surface area contributed by atoms with E-state index in [4.69, 9.17) is 5.11 Å². The molecule has 3 N–H and O–H groups in total. The third kappa shape index (κ3) is 3.62. The standard InChI is InChI=1S/C10H10N6O5/c17-9(18)5-15-4-6(13-14-15)2-12-10(19)8-1-7(3-11-8)16(20)21/h1,3-4,11H,2,5H2,(H,12,19)(H,17,18). The second-order valence-corrected chi connectivity index (χ2v) is 4.01. The summed E-state index contributed by atoms with van der Waals surface area (Å²) in [6.45, 7) is -0.310. The largest absolute Gasteiger partial charge is 0.480 e. The average molecular weight is 294 g/mol. The molecule has 0 aliphatic carbocycles. The lowest BCUT2D eigenvalue weighted by Crippen LogP contribution is -2.23. The van der Waals surface area contributed by atoms with Crippen LogP contribution in [0.1, 0.15) is 16.2 Å². The summed E-state index contributed by atoms with van der Waals surface area (Å²) in [5.74, 6) is -1.61. The van der Waals surface area contributed by atoms with E-state index in [1.165, 1.54) is 6.20 Å². The minimum absolute atomic E-state index is 0.0191. The summed E-state index contributed by atoms with van der Waals surface area (Å²) in [4.78, 5) is 34.5. The number of carbonyl (C=O) groups is 2. The molecule has 0 fully saturated rings. The van der Waals surface area contributed by atoms with Crippen LogP contribution in [0.15, 0.2) is 18.5 Å². The summed E-state index contributed by atoms with van der Waals surface area (Å²) < 4.78 is 1.11. The number of rotatable bonds is 6. The van der Waals surface area contributed by atoms with Crippen molar-refractivity contribution in [2.75, 3.05) is 0 Å². The number of aliphatic carboxylic acids is 1. The van der Waals surface area contributed by atoms with Crippen LogP contribution < -0.4 is 5.32 Å². The zero-order chi connectivity index (χ0) is 15.4. The number of aromatic nitrogens is 4. The fraction of sp³-hybridized carbons (Fsp3) is 0.200. The van der Waals surface area contributed by atoms with Crippen LogP contribution in [-0.2, 0) is 17.9 Å². The van der Waals surface area contributed by atoms with Gasteiger partial charge >= 0.3 is 5.97 Å². The Hall–Kier alpha value is -3.24. The third-order valence-electron chi connectivity index (χ3n) is 2.44. The molecule has 11 heteroatoms. The third-order valence-corrected chi connectivity index (χ3v) is 2.44. The Bertz CT molecular complexity index is 690. The highest BCUT2D eigenvalue weighted by atomic mass is 16.6. The summed E-state index contributed by atoms with van der Waals surface area (Å²) >= 11 is 0. The Labute approximate surface area is 116 Å². The van der Waals surface area contributed by atoms with Gasteiger partial charge in [-0.3, -0.25) is 19.7 Å². The highest BCUT2D eigenvalue weighted by Gasteiger charge is 2.14. The number of nitrogens with zero attached hydrogens (tertiary/aromatic N) is 4. The van der Waals surface area contributed by atoms with Crippen molar-refractivity contribution < 1.29 is 19.6 Å². The van der Waals surface area contributed by atoms with E-state index in [-0.39, 0.29) is 24.5 Å². The van der Waals surface area contributed by atoms with Gasteiger partial charge in [0.15, 0.2) is 0 Å². The van der Waals surface area contributed by atoms with Crippen LogP contribution in [0.2, 0.25) is 0 Å². The van der Waals surface area contributed by atoms with Gasteiger partial charge in [0.05, 0.1) is 23.9 Å². The van der Waals surface area contributed by atoms with E-state index in [0.29, 0.717) is 5.69 Å². The molecule has 0 aliphatic heterocycles. The minimum Gasteiger partial charge on any atom is -0.480 e. The summed E-state index contributed by atoms with van der Waals surface area (Å²) in [5.41, 5.74) is 0.192. The van der Waals surface area contributed by atoms with Crippen molar-refractivity contribution in [3.8, 4) is 0 Å². The van der Waals surface area contributed by atoms with E-state index in [2.05, 4.69) is 20.6 Å². The number of aromatic amines is 1. The van der Waals surface area contributed by atoms with Gasteiger partial charge in [-0.2, -0.15) is 0 Å². The van der Waals surface area contributed by atoms with Crippen molar-refractivity contribution in [3.05, 3.63) is 40.0 Å². The molecule has 110 valence electrons. The maximum Gasteiger partial charge on any atom is 0.325 e. The molecule has 2 heterocycles. The minimum atomic E-state index is -1.06. The Morgan fingerprint density at radius 1 is 1.52 bits per heavy atom. The molecule has 1 amide bonds. The second kappa shape index (κ2) is 5.81. The lowest BCUT2D eigenvalue weighted by atomic mass is 10.3. The van der Waals surface area contributed by atoms with Crippen LogP contribution in [-0.4, -0.2) is 41.9 Å². The smallest absolute Gasteiger partial charge is 0.325 e. The van der Waals surface area contributed by atoms with Gasteiger partial charge < -0.3 is 15.4 Å². The monoisotopic (exact) mass is 294 g/mol. The van der Waals surface area contributed by atoms with Gasteiger partial charge in [-0.15, -0.1) is 5.10 Å². The van der Waals surface area contributed by atoms with Crippen molar-refractivity contribution in [1.29, 1.82) is 0 Å². The van der Waals surface area contributed by atoms with Crippen molar-refractivity contribution in [2.24, 2.45) is 0 Å². The Morgan fingerprint density at radius 3 is 2.90 bits per heavy atom. The molecule has 0 saturated heterocycles. The molecular weight excluding hydrogens is 284 g/mol. The van der Waals surface area contributed by atoms with Gasteiger partial charge in [0.2, 0.25) is 0 Å². The molecule has 0 atom stereocenters. The SMILES string of the molecule is O=C(O)Cn1cc(CNC(=O)c2cc([N+](=O)[O-])c[nH]2)nn1. The van der Waals surface area contributed by atoms with E-state index in [9.17, 15) is 19.7 Å². The van der Waals surface area contributed by atoms with E-state index in [0.717, 1.165) is 16.9 Å². The van der Waals surface area contributed by atoms with Crippen molar-refractivity contribution in [1.82, 2.24) is 25.3 Å². The van der Waals surface area contributed by atoms with Gasteiger partial charge in [-0.05, 0) is 0 Å². The number of carboxylic acid groups (broad SMARTS) is 1. The molecule has 0 bridgehead atoms. The lowest BCUT2D eigenvalue weighted by molar-refractivity contribution is -0.384. The van der Waals surface area contributed by atoms with Crippen LogP contribution in [0.25, 0.3) is 0 Å². The fourth-order valence-corrected chi connectivity index (χ4v) is 1.52. The number of H-pyrrole nitrogens is 1. The maximum absolute atomic E-state index is 11.7. The molecule has 0 saturated carbocycles. The van der Waals surface area contributed by atoms with E-state index < -0.39 is 16.8 Å². The molecule has 0 unspecified atom stereocenters. The number of carboxylic acids is 1. The van der Waals surface area contributed by atoms with Gasteiger partial charge in [-0.25, -0.2) is 4.68 Å². The molecule has 21 heavy (non-hydrogen) atoms. The van der Waals surface area contributed by atoms with Crippen LogP contribution in [0, 0.1) is 10.1 Å². The zero-order valence-electron chi connectivity index (χ0n) is 10.5. The summed E-state index contributed by atoms with van der Waals surface area (Å²) in [6.07, 6.45) is 2.49. The molecule has 0 aromatic carbocycles. The first-order chi connectivity index (χ1) is 9.95. The average Bonchev–Trinajstić information content (AvgIpc) is 3.04. The van der Waals surface area contributed by atoms with Crippen LogP contribution in [0.4, 0.5) is 5.69 Å². The van der Waals surface area contributed by atoms with Gasteiger partial charge in [-0.1, -0.05) is 5.21 Å². The van der Waals surface area contributed by atoms with Crippen LogP contribution in [0.3, 0.4) is 0 Å². The number of hydrogen-bond donors (Lipinski definition) is 3. The van der Waals surface area contributed by atoms with Crippen molar-refractivity contribution in [2.45, 2.75) is 13.1 Å². The summed E-state index contributed by atoms with van der Waals surface area (Å²) in [7, 11) is 0. The van der Waals surface area contributed by atoms with E-state index in [1.54, 1.807) is 0 Å². The molecule has 2 rings (SSSR count). The molecule has 2 aromatic rings. The number of amides is 1. The number of nitro groups is 1. The predicted molar refractivity (Wildman–Crippen MR) is 66.3 cm³/mol.